The molecule has 0 spiro atoms. The fourth-order valence-electron chi connectivity index (χ4n) is 3.48. The molecule has 0 saturated carbocycles. The summed E-state index contributed by atoms with van der Waals surface area (Å²) >= 11 is 10.9. The zero-order chi connectivity index (χ0) is 24.5. The van der Waals surface area contributed by atoms with Gasteiger partial charge in [0.25, 0.3) is 0 Å². The zero-order valence-corrected chi connectivity index (χ0v) is 22.4. The van der Waals surface area contributed by atoms with Gasteiger partial charge >= 0.3 is 0 Å². The first-order valence-electron chi connectivity index (χ1n) is 11.1. The highest BCUT2D eigenvalue weighted by molar-refractivity contribution is 9.10. The number of hydrogen-bond donors (Lipinski definition) is 1. The fraction of sp³-hybridized carbons (Fsp3) is 0.259. The number of carbonyl (C=O) groups excluding carboxylic acids is 2. The molecule has 3 aromatic carbocycles. The first-order chi connectivity index (χ1) is 16.3. The molecule has 0 radical (unpaired) electrons. The topological polar surface area (TPSA) is 49.4 Å². The molecule has 0 aliphatic carbocycles. The lowest BCUT2D eigenvalue weighted by molar-refractivity contribution is -0.139. The van der Waals surface area contributed by atoms with Crippen molar-refractivity contribution in [3.63, 3.8) is 0 Å². The predicted molar refractivity (Wildman–Crippen MR) is 144 cm³/mol. The van der Waals surface area contributed by atoms with E-state index in [0.717, 1.165) is 20.5 Å². The van der Waals surface area contributed by atoms with E-state index in [-0.39, 0.29) is 23.6 Å². The van der Waals surface area contributed by atoms with E-state index in [1.807, 2.05) is 92.7 Å². The highest BCUT2D eigenvalue weighted by Gasteiger charge is 2.30. The Hall–Kier alpha value is -2.28. The van der Waals surface area contributed by atoms with Gasteiger partial charge in [-0.1, -0.05) is 70.0 Å². The Morgan fingerprint density at radius 2 is 1.59 bits per heavy atom. The van der Waals surface area contributed by atoms with Crippen LogP contribution in [-0.2, 0) is 22.6 Å². The van der Waals surface area contributed by atoms with Gasteiger partial charge < -0.3 is 10.2 Å². The normalized spacial score (nSPS) is 11.8. The smallest absolute Gasteiger partial charge is 0.243 e. The molecule has 3 aromatic rings. The Morgan fingerprint density at radius 1 is 0.941 bits per heavy atom. The van der Waals surface area contributed by atoms with Gasteiger partial charge in [-0.15, -0.1) is 11.8 Å². The molecule has 4 nitrogen and oxygen atoms in total. The van der Waals surface area contributed by atoms with Crippen LogP contribution in [0.1, 0.15) is 25.0 Å². The molecule has 1 N–H and O–H groups in total. The van der Waals surface area contributed by atoms with Crippen molar-refractivity contribution in [3.05, 3.63) is 99.5 Å². The predicted octanol–water partition coefficient (Wildman–Crippen LogP) is 6.36. The van der Waals surface area contributed by atoms with Crippen LogP contribution < -0.4 is 5.32 Å². The van der Waals surface area contributed by atoms with Gasteiger partial charge in [0.15, 0.2) is 0 Å². The summed E-state index contributed by atoms with van der Waals surface area (Å²) in [6.45, 7) is 4.19. The van der Waals surface area contributed by atoms with Crippen molar-refractivity contribution in [2.24, 2.45) is 0 Å². The summed E-state index contributed by atoms with van der Waals surface area (Å²) in [4.78, 5) is 29.5. The molecule has 0 aliphatic rings. The van der Waals surface area contributed by atoms with Crippen LogP contribution in [0.4, 0.5) is 0 Å². The van der Waals surface area contributed by atoms with Crippen molar-refractivity contribution in [3.8, 4) is 0 Å². The average Bonchev–Trinajstić information content (AvgIpc) is 2.82. The summed E-state index contributed by atoms with van der Waals surface area (Å²) in [6, 6.07) is 24.4. The third kappa shape index (κ3) is 8.19. The zero-order valence-electron chi connectivity index (χ0n) is 19.2. The summed E-state index contributed by atoms with van der Waals surface area (Å²) in [6.07, 6.45) is 0.438. The minimum absolute atomic E-state index is 0.0288. The van der Waals surface area contributed by atoms with Gasteiger partial charge in [-0.2, -0.15) is 0 Å². The molecule has 0 aromatic heterocycles. The van der Waals surface area contributed by atoms with Crippen LogP contribution in [0.5, 0.6) is 0 Å². The van der Waals surface area contributed by atoms with Crippen LogP contribution in [0.15, 0.2) is 88.2 Å². The van der Waals surface area contributed by atoms with Gasteiger partial charge in [-0.25, -0.2) is 0 Å². The van der Waals surface area contributed by atoms with Gasteiger partial charge in [0.1, 0.15) is 6.04 Å². The van der Waals surface area contributed by atoms with Gasteiger partial charge in [0, 0.05) is 33.4 Å². The van der Waals surface area contributed by atoms with Crippen molar-refractivity contribution in [2.75, 3.05) is 5.75 Å². The number of thioether (sulfide) groups is 1. The quantitative estimate of drug-likeness (QED) is 0.294. The Balaban J connectivity index is 1.89. The first kappa shape index (κ1) is 26.3. The molecule has 1 atom stereocenters. The average molecular weight is 560 g/mol. The van der Waals surface area contributed by atoms with E-state index >= 15 is 0 Å². The second-order valence-electron chi connectivity index (χ2n) is 8.26. The minimum Gasteiger partial charge on any atom is -0.352 e. The molecule has 0 saturated heterocycles. The number of halogens is 2. The molecule has 0 fully saturated rings. The third-order valence-corrected chi connectivity index (χ3v) is 6.92. The Bertz CT molecular complexity index is 1080. The van der Waals surface area contributed by atoms with E-state index in [4.69, 9.17) is 11.6 Å². The number of amides is 2. The summed E-state index contributed by atoms with van der Waals surface area (Å²) in [5.41, 5.74) is 1.97. The van der Waals surface area contributed by atoms with E-state index in [0.29, 0.717) is 18.0 Å². The van der Waals surface area contributed by atoms with Crippen LogP contribution in [0.3, 0.4) is 0 Å². The molecule has 0 bridgehead atoms. The van der Waals surface area contributed by atoms with Crippen molar-refractivity contribution >= 4 is 51.1 Å². The van der Waals surface area contributed by atoms with E-state index in [1.165, 1.54) is 11.8 Å². The lowest BCUT2D eigenvalue weighted by Crippen LogP contribution is -2.52. The molecule has 0 aliphatic heterocycles. The lowest BCUT2D eigenvalue weighted by atomic mass is 10.0. The Morgan fingerprint density at radius 3 is 2.21 bits per heavy atom. The van der Waals surface area contributed by atoms with Crippen molar-refractivity contribution in [1.29, 1.82) is 0 Å². The summed E-state index contributed by atoms with van der Waals surface area (Å²) in [5, 5.41) is 3.67. The van der Waals surface area contributed by atoms with Crippen LogP contribution in [0, 0.1) is 0 Å². The Kier molecular flexibility index (Phi) is 10.1. The van der Waals surface area contributed by atoms with Gasteiger partial charge in [-0.05, 0) is 61.4 Å². The third-order valence-electron chi connectivity index (χ3n) is 5.14. The number of hydrogen-bond acceptors (Lipinski definition) is 3. The van der Waals surface area contributed by atoms with Crippen LogP contribution in [0.2, 0.25) is 5.02 Å². The van der Waals surface area contributed by atoms with E-state index in [9.17, 15) is 9.59 Å². The molecule has 3 rings (SSSR count). The maximum atomic E-state index is 13.6. The van der Waals surface area contributed by atoms with Crippen molar-refractivity contribution in [2.45, 2.75) is 43.8 Å². The first-order valence-corrected chi connectivity index (χ1v) is 13.2. The standard InChI is InChI=1S/C27H28BrClN2O2S/c1-19(2)30-27(33)25(16-20-6-4-3-5-7-20)31(17-21-8-10-22(28)11-9-21)26(32)18-34-24-14-12-23(29)13-15-24/h3-15,19,25H,16-18H2,1-2H3,(H,30,33)/t25-/m0/s1. The molecule has 0 unspecified atom stereocenters. The van der Waals surface area contributed by atoms with Crippen LogP contribution in [0.25, 0.3) is 0 Å². The van der Waals surface area contributed by atoms with Crippen molar-refractivity contribution < 1.29 is 9.59 Å². The monoisotopic (exact) mass is 558 g/mol. The maximum Gasteiger partial charge on any atom is 0.243 e. The number of carbonyl (C=O) groups is 2. The second-order valence-corrected chi connectivity index (χ2v) is 10.7. The highest BCUT2D eigenvalue weighted by atomic mass is 79.9. The highest BCUT2D eigenvalue weighted by Crippen LogP contribution is 2.23. The number of nitrogens with zero attached hydrogens (tertiary/aromatic N) is 1. The van der Waals surface area contributed by atoms with Crippen LogP contribution in [-0.4, -0.2) is 34.6 Å². The molecular weight excluding hydrogens is 532 g/mol. The largest absolute Gasteiger partial charge is 0.352 e. The van der Waals surface area contributed by atoms with Gasteiger partial charge in [-0.3, -0.25) is 9.59 Å². The van der Waals surface area contributed by atoms with E-state index in [2.05, 4.69) is 21.2 Å². The molecule has 0 heterocycles. The maximum absolute atomic E-state index is 13.6. The Labute approximate surface area is 219 Å². The SMILES string of the molecule is CC(C)NC(=O)[C@H](Cc1ccccc1)N(Cc1ccc(Br)cc1)C(=O)CSc1ccc(Cl)cc1. The summed E-state index contributed by atoms with van der Waals surface area (Å²) in [5.74, 6) is -0.0261. The van der Waals surface area contributed by atoms with Gasteiger partial charge in [0.2, 0.25) is 11.8 Å². The van der Waals surface area contributed by atoms with Crippen molar-refractivity contribution in [1.82, 2.24) is 10.2 Å². The summed E-state index contributed by atoms with van der Waals surface area (Å²) in [7, 11) is 0. The number of nitrogens with one attached hydrogen (secondary N) is 1. The second kappa shape index (κ2) is 13.0. The number of rotatable bonds is 10. The fourth-order valence-corrected chi connectivity index (χ4v) is 4.65. The summed E-state index contributed by atoms with van der Waals surface area (Å²) < 4.78 is 0.964. The van der Waals surface area contributed by atoms with Crippen LogP contribution >= 0.6 is 39.3 Å². The molecule has 178 valence electrons. The minimum atomic E-state index is -0.633. The van der Waals surface area contributed by atoms with E-state index in [1.54, 1.807) is 4.90 Å². The molecule has 34 heavy (non-hydrogen) atoms. The van der Waals surface area contributed by atoms with Gasteiger partial charge in [0.05, 0.1) is 5.75 Å². The molecule has 2 amide bonds. The van der Waals surface area contributed by atoms with E-state index < -0.39 is 6.04 Å². The molecular formula is C27H28BrClN2O2S. The number of benzene rings is 3. The lowest BCUT2D eigenvalue weighted by Gasteiger charge is -2.32. The molecule has 7 heteroatoms.